The Hall–Kier alpha value is -1.14. The van der Waals surface area contributed by atoms with Crippen LogP contribution in [0.4, 0.5) is 17.6 Å². The van der Waals surface area contributed by atoms with Crippen LogP contribution in [0.15, 0.2) is 18.2 Å². The van der Waals surface area contributed by atoms with Gasteiger partial charge in [-0.05, 0) is 29.7 Å². The lowest BCUT2D eigenvalue weighted by Gasteiger charge is -2.24. The van der Waals surface area contributed by atoms with E-state index >= 15 is 0 Å². The number of nitrogens with two attached hydrogens (primary N) is 1. The van der Waals surface area contributed by atoms with Crippen molar-refractivity contribution in [1.82, 2.24) is 0 Å². The summed E-state index contributed by atoms with van der Waals surface area (Å²) in [6.07, 6.45) is -5.04. The van der Waals surface area contributed by atoms with E-state index in [4.69, 9.17) is 5.73 Å². The van der Waals surface area contributed by atoms with Crippen molar-refractivity contribution in [3.63, 3.8) is 0 Å². The zero-order valence-electron chi connectivity index (χ0n) is 10.7. The summed E-state index contributed by atoms with van der Waals surface area (Å²) in [5.74, 6) is -1.20. The largest absolute Gasteiger partial charge is 0.416 e. The van der Waals surface area contributed by atoms with Crippen LogP contribution in [0.25, 0.3) is 0 Å². The highest BCUT2D eigenvalue weighted by molar-refractivity contribution is 5.29. The predicted octanol–water partition coefficient (Wildman–Crippen LogP) is 3.25. The van der Waals surface area contributed by atoms with Crippen molar-refractivity contribution in [2.75, 3.05) is 0 Å². The molecule has 3 N–H and O–H groups in total. The van der Waals surface area contributed by atoms with Gasteiger partial charge in [0.1, 0.15) is 5.82 Å². The van der Waals surface area contributed by atoms with Crippen LogP contribution in [0.5, 0.6) is 0 Å². The molecule has 0 aromatic heterocycles. The predicted molar refractivity (Wildman–Crippen MR) is 63.8 cm³/mol. The van der Waals surface area contributed by atoms with Gasteiger partial charge >= 0.3 is 6.18 Å². The van der Waals surface area contributed by atoms with Crippen LogP contribution >= 0.6 is 0 Å². The molecule has 0 fully saturated rings. The topological polar surface area (TPSA) is 46.2 Å². The van der Waals surface area contributed by atoms with Crippen molar-refractivity contribution in [3.05, 3.63) is 35.1 Å². The van der Waals surface area contributed by atoms with E-state index in [0.29, 0.717) is 12.5 Å². The number of rotatable bonds is 4. The van der Waals surface area contributed by atoms with Crippen molar-refractivity contribution in [2.45, 2.75) is 38.6 Å². The molecule has 108 valence electrons. The normalized spacial score (nSPS) is 17.1. The van der Waals surface area contributed by atoms with E-state index in [-0.39, 0.29) is 11.5 Å². The highest BCUT2D eigenvalue weighted by atomic mass is 19.4. The van der Waals surface area contributed by atoms with Crippen LogP contribution in [-0.4, -0.2) is 11.2 Å². The molecule has 1 rings (SSSR count). The second kappa shape index (κ2) is 5.88. The molecule has 0 radical (unpaired) electrons. The molecule has 0 bridgehead atoms. The molecule has 3 atom stereocenters. The van der Waals surface area contributed by atoms with Gasteiger partial charge in [0.2, 0.25) is 0 Å². The summed E-state index contributed by atoms with van der Waals surface area (Å²) >= 11 is 0. The first-order chi connectivity index (χ1) is 8.66. The summed E-state index contributed by atoms with van der Waals surface area (Å²) in [6, 6.07) is 1.06. The van der Waals surface area contributed by atoms with Gasteiger partial charge in [0.15, 0.2) is 0 Å². The van der Waals surface area contributed by atoms with Gasteiger partial charge in [0.05, 0.1) is 17.7 Å². The van der Waals surface area contributed by atoms with Crippen molar-refractivity contribution in [1.29, 1.82) is 0 Å². The molecule has 0 aliphatic carbocycles. The van der Waals surface area contributed by atoms with Gasteiger partial charge in [0, 0.05) is 0 Å². The Kier molecular flexibility index (Phi) is 4.92. The van der Waals surface area contributed by atoms with Gasteiger partial charge < -0.3 is 10.8 Å². The lowest BCUT2D eigenvalue weighted by Crippen LogP contribution is -2.31. The maximum atomic E-state index is 13.2. The fourth-order valence-corrected chi connectivity index (χ4v) is 1.76. The molecule has 6 heteroatoms. The van der Waals surface area contributed by atoms with Gasteiger partial charge in [-0.15, -0.1) is 0 Å². The molecular formula is C13H17F4NO. The molecule has 0 saturated carbocycles. The number of hydrogen-bond donors (Lipinski definition) is 2. The number of benzene rings is 1. The standard InChI is InChI=1S/C13H17F4NO/c1-3-7(2)12(19)11(18)8-4-9(13(15,16)17)6-10(14)5-8/h4-7,11-12,19H,3,18H2,1-2H3/t7?,11-,12+/m0/s1. The molecule has 0 amide bonds. The monoisotopic (exact) mass is 279 g/mol. The number of aliphatic hydroxyl groups is 1. The van der Waals surface area contributed by atoms with Crippen LogP contribution in [0.2, 0.25) is 0 Å². The molecule has 0 aliphatic rings. The average molecular weight is 279 g/mol. The van der Waals surface area contributed by atoms with Crippen molar-refractivity contribution in [3.8, 4) is 0 Å². The zero-order valence-corrected chi connectivity index (χ0v) is 10.7. The van der Waals surface area contributed by atoms with E-state index in [0.717, 1.165) is 12.1 Å². The van der Waals surface area contributed by atoms with Crippen LogP contribution < -0.4 is 5.73 Å². The lowest BCUT2D eigenvalue weighted by molar-refractivity contribution is -0.137. The summed E-state index contributed by atoms with van der Waals surface area (Å²) in [6.45, 7) is 3.56. The average Bonchev–Trinajstić information content (AvgIpc) is 2.34. The van der Waals surface area contributed by atoms with E-state index in [9.17, 15) is 22.7 Å². The Morgan fingerprint density at radius 2 is 1.84 bits per heavy atom. The summed E-state index contributed by atoms with van der Waals surface area (Å²) in [5, 5.41) is 9.90. The highest BCUT2D eigenvalue weighted by Crippen LogP contribution is 2.32. The molecular weight excluding hydrogens is 262 g/mol. The van der Waals surface area contributed by atoms with Crippen LogP contribution in [0.3, 0.4) is 0 Å². The fourth-order valence-electron chi connectivity index (χ4n) is 1.76. The van der Waals surface area contributed by atoms with Crippen LogP contribution in [0.1, 0.15) is 37.4 Å². The number of alkyl halides is 3. The minimum atomic E-state index is -4.64. The SMILES string of the molecule is CCC(C)[C@@H](O)[C@@H](N)c1cc(F)cc(C(F)(F)F)c1. The molecule has 2 nitrogen and oxygen atoms in total. The Bertz CT molecular complexity index is 433. The van der Waals surface area contributed by atoms with E-state index in [1.165, 1.54) is 0 Å². The van der Waals surface area contributed by atoms with Crippen molar-refractivity contribution < 1.29 is 22.7 Å². The van der Waals surface area contributed by atoms with E-state index < -0.39 is 29.7 Å². The van der Waals surface area contributed by atoms with Gasteiger partial charge in [-0.25, -0.2) is 4.39 Å². The smallest absolute Gasteiger partial charge is 0.391 e. The van der Waals surface area contributed by atoms with Gasteiger partial charge in [0.25, 0.3) is 0 Å². The first kappa shape index (κ1) is 15.9. The molecule has 1 aromatic rings. The van der Waals surface area contributed by atoms with Gasteiger partial charge in [-0.3, -0.25) is 0 Å². The lowest BCUT2D eigenvalue weighted by atomic mass is 9.91. The Balaban J connectivity index is 3.10. The number of aliphatic hydroxyl groups excluding tert-OH is 1. The second-order valence-electron chi connectivity index (χ2n) is 4.67. The molecule has 0 heterocycles. The molecule has 0 aliphatic heterocycles. The summed E-state index contributed by atoms with van der Waals surface area (Å²) in [4.78, 5) is 0. The third-order valence-corrected chi connectivity index (χ3v) is 3.23. The summed E-state index contributed by atoms with van der Waals surface area (Å²) in [5.41, 5.74) is 4.55. The third kappa shape index (κ3) is 3.91. The summed E-state index contributed by atoms with van der Waals surface area (Å²) < 4.78 is 50.9. The molecule has 1 unspecified atom stereocenters. The van der Waals surface area contributed by atoms with Crippen LogP contribution in [0, 0.1) is 11.7 Å². The first-order valence-corrected chi connectivity index (χ1v) is 5.98. The maximum Gasteiger partial charge on any atom is 0.416 e. The second-order valence-corrected chi connectivity index (χ2v) is 4.67. The third-order valence-electron chi connectivity index (χ3n) is 3.23. The summed E-state index contributed by atoms with van der Waals surface area (Å²) in [7, 11) is 0. The quantitative estimate of drug-likeness (QED) is 0.831. The molecule has 0 spiro atoms. The van der Waals surface area contributed by atoms with E-state index in [1.807, 2.05) is 6.92 Å². The minimum Gasteiger partial charge on any atom is -0.391 e. The minimum absolute atomic E-state index is 0.0554. The molecule has 1 aromatic carbocycles. The zero-order chi connectivity index (χ0) is 14.8. The first-order valence-electron chi connectivity index (χ1n) is 5.98. The Morgan fingerprint density at radius 3 is 2.32 bits per heavy atom. The van der Waals surface area contributed by atoms with E-state index in [1.54, 1.807) is 6.92 Å². The number of hydrogen-bond acceptors (Lipinski definition) is 2. The highest BCUT2D eigenvalue weighted by Gasteiger charge is 2.32. The maximum absolute atomic E-state index is 13.2. The molecule has 0 saturated heterocycles. The molecule has 19 heavy (non-hydrogen) atoms. The van der Waals surface area contributed by atoms with Gasteiger partial charge in [-0.2, -0.15) is 13.2 Å². The Labute approximate surface area is 109 Å². The fraction of sp³-hybridized carbons (Fsp3) is 0.538. The van der Waals surface area contributed by atoms with Gasteiger partial charge in [-0.1, -0.05) is 20.3 Å². The van der Waals surface area contributed by atoms with Crippen LogP contribution in [-0.2, 0) is 6.18 Å². The van der Waals surface area contributed by atoms with E-state index in [2.05, 4.69) is 0 Å². The van der Waals surface area contributed by atoms with Crippen molar-refractivity contribution >= 4 is 0 Å². The Morgan fingerprint density at radius 1 is 1.26 bits per heavy atom. The number of halogens is 4. The van der Waals surface area contributed by atoms with Crippen molar-refractivity contribution in [2.24, 2.45) is 11.7 Å².